The van der Waals surface area contributed by atoms with E-state index in [1.165, 1.54) is 0 Å². The second kappa shape index (κ2) is 9.82. The molecule has 5 nitrogen and oxygen atoms in total. The molecule has 1 heterocycles. The second-order valence-corrected chi connectivity index (χ2v) is 8.69. The first-order chi connectivity index (χ1) is 16.0. The van der Waals surface area contributed by atoms with Gasteiger partial charge in [-0.2, -0.15) is 0 Å². The molecule has 1 amide bonds. The lowest BCUT2D eigenvalue weighted by Crippen LogP contribution is -2.38. The molecule has 4 rings (SSSR count). The number of aromatic nitrogens is 2. The predicted octanol–water partition coefficient (Wildman–Crippen LogP) is 5.64. The minimum atomic E-state index is -0.408. The summed E-state index contributed by atoms with van der Waals surface area (Å²) in [5.74, 6) is 0.924. The van der Waals surface area contributed by atoms with Crippen LogP contribution in [0.2, 0.25) is 0 Å². The molecule has 0 aliphatic heterocycles. The van der Waals surface area contributed by atoms with Crippen molar-refractivity contribution in [3.05, 3.63) is 107 Å². The topological polar surface area (TPSA) is 55.2 Å². The normalized spacial score (nSPS) is 12.1. The average molecular weight is 440 g/mol. The third-order valence-electron chi connectivity index (χ3n) is 5.89. The summed E-state index contributed by atoms with van der Waals surface area (Å²) in [6.45, 7) is 6.81. The van der Waals surface area contributed by atoms with E-state index in [9.17, 15) is 9.59 Å². The summed E-state index contributed by atoms with van der Waals surface area (Å²) >= 11 is 0. The molecule has 0 saturated carbocycles. The highest BCUT2D eigenvalue weighted by Gasteiger charge is 2.27. The van der Waals surface area contributed by atoms with Crippen LogP contribution >= 0.6 is 0 Å². The molecule has 1 atom stereocenters. The highest BCUT2D eigenvalue weighted by atomic mass is 16.2. The van der Waals surface area contributed by atoms with Gasteiger partial charge in [0.2, 0.25) is 0 Å². The maximum absolute atomic E-state index is 13.6. The summed E-state index contributed by atoms with van der Waals surface area (Å²) in [6.07, 6.45) is 0.853. The molecule has 4 aromatic rings. The molecule has 0 aliphatic rings. The van der Waals surface area contributed by atoms with Crippen molar-refractivity contribution in [2.45, 2.75) is 33.2 Å². The van der Waals surface area contributed by atoms with Crippen molar-refractivity contribution in [1.29, 1.82) is 0 Å². The largest absolute Gasteiger partial charge is 0.329 e. The molecule has 0 N–H and O–H groups in total. The Hall–Kier alpha value is -3.73. The van der Waals surface area contributed by atoms with Crippen LogP contribution < -0.4 is 5.56 Å². The van der Waals surface area contributed by atoms with Crippen molar-refractivity contribution in [2.24, 2.45) is 5.92 Å². The Bertz CT molecular complexity index is 1300. The van der Waals surface area contributed by atoms with Crippen LogP contribution in [0.4, 0.5) is 0 Å². The highest BCUT2D eigenvalue weighted by molar-refractivity contribution is 5.94. The lowest BCUT2D eigenvalue weighted by molar-refractivity contribution is 0.0671. The summed E-state index contributed by atoms with van der Waals surface area (Å²) in [6, 6.07) is 25.8. The van der Waals surface area contributed by atoms with Gasteiger partial charge in [0.25, 0.3) is 11.5 Å². The fourth-order valence-corrected chi connectivity index (χ4v) is 4.01. The van der Waals surface area contributed by atoms with Crippen LogP contribution in [0.3, 0.4) is 0 Å². The summed E-state index contributed by atoms with van der Waals surface area (Å²) in [4.78, 5) is 33.9. The lowest BCUT2D eigenvalue weighted by atomic mass is 10.1. The highest BCUT2D eigenvalue weighted by Crippen LogP contribution is 2.25. The molecule has 1 aromatic heterocycles. The van der Waals surface area contributed by atoms with Crippen LogP contribution in [0, 0.1) is 5.92 Å². The van der Waals surface area contributed by atoms with E-state index in [2.05, 4.69) is 13.8 Å². The Labute approximate surface area is 194 Å². The van der Waals surface area contributed by atoms with Crippen LogP contribution in [0.25, 0.3) is 16.6 Å². The molecule has 0 radical (unpaired) electrons. The fourth-order valence-electron chi connectivity index (χ4n) is 4.01. The van der Waals surface area contributed by atoms with Gasteiger partial charge in [-0.05, 0) is 55.7 Å². The quantitative estimate of drug-likeness (QED) is 0.375. The Morgan fingerprint density at radius 2 is 1.48 bits per heavy atom. The van der Waals surface area contributed by atoms with Gasteiger partial charge in [-0.25, -0.2) is 4.98 Å². The lowest BCUT2D eigenvalue weighted by Gasteiger charge is -2.31. The third-order valence-corrected chi connectivity index (χ3v) is 5.89. The van der Waals surface area contributed by atoms with E-state index in [-0.39, 0.29) is 11.5 Å². The first-order valence-corrected chi connectivity index (χ1v) is 11.4. The van der Waals surface area contributed by atoms with E-state index in [1.807, 2.05) is 90.7 Å². The molecule has 5 heteroatoms. The van der Waals surface area contributed by atoms with E-state index >= 15 is 0 Å². The number of amides is 1. The number of para-hydroxylation sites is 2. The average Bonchev–Trinajstić information content (AvgIpc) is 2.84. The van der Waals surface area contributed by atoms with Gasteiger partial charge in [-0.1, -0.05) is 62.4 Å². The number of hydrogen-bond donors (Lipinski definition) is 0. The van der Waals surface area contributed by atoms with Gasteiger partial charge in [0.05, 0.1) is 22.6 Å². The van der Waals surface area contributed by atoms with Gasteiger partial charge in [0.1, 0.15) is 5.82 Å². The van der Waals surface area contributed by atoms with Gasteiger partial charge in [0, 0.05) is 12.1 Å². The minimum absolute atomic E-state index is 0.0641. The maximum atomic E-state index is 13.6. The number of benzene rings is 3. The van der Waals surface area contributed by atoms with Crippen LogP contribution in [-0.2, 0) is 0 Å². The molecular formula is C28H29N3O2. The maximum Gasteiger partial charge on any atom is 0.266 e. The number of fused-ring (bicyclic) bond motifs is 1. The zero-order chi connectivity index (χ0) is 23.4. The van der Waals surface area contributed by atoms with E-state index < -0.39 is 6.04 Å². The Balaban J connectivity index is 1.89. The van der Waals surface area contributed by atoms with Crippen molar-refractivity contribution >= 4 is 16.8 Å². The van der Waals surface area contributed by atoms with Crippen LogP contribution in [0.15, 0.2) is 89.7 Å². The van der Waals surface area contributed by atoms with Gasteiger partial charge in [0.15, 0.2) is 0 Å². The van der Waals surface area contributed by atoms with Gasteiger partial charge in [-0.3, -0.25) is 14.2 Å². The molecule has 0 bridgehead atoms. The molecule has 33 heavy (non-hydrogen) atoms. The van der Waals surface area contributed by atoms with Crippen molar-refractivity contribution in [1.82, 2.24) is 14.5 Å². The number of carbonyl (C=O) groups is 1. The summed E-state index contributed by atoms with van der Waals surface area (Å²) in [5.41, 5.74) is 1.86. The standard InChI is InChI=1S/C28H29N3O2/c1-20(2)18-19-30(27(32)22-12-6-4-7-13-22)21(3)26-29-25-17-11-10-16-24(25)28(33)31(26)23-14-8-5-9-15-23/h4-17,20-21H,18-19H2,1-3H3. The van der Waals surface area contributed by atoms with Gasteiger partial charge < -0.3 is 4.90 Å². The van der Waals surface area contributed by atoms with Crippen LogP contribution in [0.1, 0.15) is 49.4 Å². The predicted molar refractivity (Wildman–Crippen MR) is 133 cm³/mol. The van der Waals surface area contributed by atoms with Crippen molar-refractivity contribution < 1.29 is 4.79 Å². The Morgan fingerprint density at radius 1 is 0.879 bits per heavy atom. The summed E-state index contributed by atoms with van der Waals surface area (Å²) in [5, 5.41) is 0.556. The van der Waals surface area contributed by atoms with Crippen molar-refractivity contribution in [3.8, 4) is 5.69 Å². The second-order valence-electron chi connectivity index (χ2n) is 8.69. The monoisotopic (exact) mass is 439 g/mol. The first-order valence-electron chi connectivity index (χ1n) is 11.4. The minimum Gasteiger partial charge on any atom is -0.329 e. The van der Waals surface area contributed by atoms with Crippen molar-refractivity contribution in [2.75, 3.05) is 6.54 Å². The van der Waals surface area contributed by atoms with Gasteiger partial charge >= 0.3 is 0 Å². The number of hydrogen-bond acceptors (Lipinski definition) is 3. The van der Waals surface area contributed by atoms with E-state index in [0.29, 0.717) is 34.8 Å². The molecule has 3 aromatic carbocycles. The molecule has 1 unspecified atom stereocenters. The van der Waals surface area contributed by atoms with Crippen LogP contribution in [0.5, 0.6) is 0 Å². The van der Waals surface area contributed by atoms with E-state index in [0.717, 1.165) is 12.1 Å². The van der Waals surface area contributed by atoms with E-state index in [1.54, 1.807) is 10.6 Å². The SMILES string of the molecule is CC(C)CCN(C(=O)c1ccccc1)C(C)c1nc2ccccc2c(=O)n1-c1ccccc1. The number of rotatable bonds is 7. The van der Waals surface area contributed by atoms with Gasteiger partial charge in [-0.15, -0.1) is 0 Å². The fraction of sp³-hybridized carbons (Fsp3) is 0.250. The number of carbonyl (C=O) groups excluding carboxylic acids is 1. The smallest absolute Gasteiger partial charge is 0.266 e. The first kappa shape index (κ1) is 22.5. The molecule has 0 fully saturated rings. The zero-order valence-electron chi connectivity index (χ0n) is 19.3. The van der Waals surface area contributed by atoms with Crippen LogP contribution in [-0.4, -0.2) is 26.9 Å². The van der Waals surface area contributed by atoms with Crippen molar-refractivity contribution in [3.63, 3.8) is 0 Å². The molecular weight excluding hydrogens is 410 g/mol. The zero-order valence-corrected chi connectivity index (χ0v) is 19.3. The molecule has 0 spiro atoms. The summed E-state index contributed by atoms with van der Waals surface area (Å²) < 4.78 is 1.65. The molecule has 0 aliphatic carbocycles. The Kier molecular flexibility index (Phi) is 6.68. The third kappa shape index (κ3) is 4.72. The summed E-state index contributed by atoms with van der Waals surface area (Å²) in [7, 11) is 0. The molecule has 168 valence electrons. The van der Waals surface area contributed by atoms with E-state index in [4.69, 9.17) is 4.98 Å². The Morgan fingerprint density at radius 3 is 2.15 bits per heavy atom. The molecule has 0 saturated heterocycles. The number of nitrogens with zero attached hydrogens (tertiary/aromatic N) is 3.